The minimum absolute atomic E-state index is 0.0403. The van der Waals surface area contributed by atoms with Crippen LogP contribution in [0.2, 0.25) is 0 Å². The molecule has 2 fully saturated rings. The quantitative estimate of drug-likeness (QED) is 0.904. The van der Waals surface area contributed by atoms with Gasteiger partial charge < -0.3 is 10.6 Å². The molecule has 2 aromatic heterocycles. The molecule has 2 aliphatic rings. The lowest BCUT2D eigenvalue weighted by Crippen LogP contribution is -2.40. The van der Waals surface area contributed by atoms with Crippen molar-refractivity contribution in [1.82, 2.24) is 20.1 Å². The predicted octanol–water partition coefficient (Wildman–Crippen LogP) is 2.19. The van der Waals surface area contributed by atoms with E-state index in [1.54, 1.807) is 12.4 Å². The molecule has 1 amide bonds. The Hall–Kier alpha value is -2.21. The monoisotopic (exact) mass is 325 g/mol. The molecule has 1 saturated heterocycles. The maximum atomic E-state index is 12.5. The molecule has 1 aliphatic heterocycles. The number of hydrogen-bond acceptors (Lipinski definition) is 4. The van der Waals surface area contributed by atoms with Crippen LogP contribution in [0.15, 0.2) is 36.8 Å². The summed E-state index contributed by atoms with van der Waals surface area (Å²) < 4.78 is 1.83. The molecule has 126 valence electrons. The Morgan fingerprint density at radius 2 is 2.08 bits per heavy atom. The van der Waals surface area contributed by atoms with Crippen molar-refractivity contribution in [2.45, 2.75) is 50.7 Å². The smallest absolute Gasteiger partial charge is 0.242 e. The number of rotatable bonds is 4. The number of carbonyl (C=O) groups excluding carboxylic acids is 1. The lowest BCUT2D eigenvalue weighted by atomic mass is 9.85. The Morgan fingerprint density at radius 1 is 1.25 bits per heavy atom. The molecule has 0 aromatic carbocycles. The standard InChI is InChI=1S/C18H23N5O/c24-18(16-11-14-3-1-2-4-15(14)20-16)21-17-7-10-23(22-17)12-13-5-8-19-9-6-13/h5-10,14-16,20H,1-4,11-12H2,(H,21,22,24). The minimum atomic E-state index is -0.0801. The fourth-order valence-electron chi connectivity index (χ4n) is 3.93. The van der Waals surface area contributed by atoms with E-state index in [4.69, 9.17) is 0 Å². The summed E-state index contributed by atoms with van der Waals surface area (Å²) in [6.07, 6.45) is 11.4. The lowest BCUT2D eigenvalue weighted by molar-refractivity contribution is -0.117. The Bertz CT molecular complexity index is 684. The van der Waals surface area contributed by atoms with Gasteiger partial charge in [-0.05, 0) is 42.9 Å². The number of carbonyl (C=O) groups is 1. The first-order valence-electron chi connectivity index (χ1n) is 8.77. The molecule has 4 rings (SSSR count). The molecule has 3 atom stereocenters. The number of anilines is 1. The largest absolute Gasteiger partial charge is 0.308 e. The van der Waals surface area contributed by atoms with E-state index in [9.17, 15) is 4.79 Å². The zero-order chi connectivity index (χ0) is 16.4. The molecule has 24 heavy (non-hydrogen) atoms. The van der Waals surface area contributed by atoms with Crippen molar-refractivity contribution in [3.8, 4) is 0 Å². The van der Waals surface area contributed by atoms with Gasteiger partial charge in [-0.1, -0.05) is 12.8 Å². The molecule has 1 aliphatic carbocycles. The number of amides is 1. The van der Waals surface area contributed by atoms with Gasteiger partial charge >= 0.3 is 0 Å². The van der Waals surface area contributed by atoms with Crippen LogP contribution in [-0.4, -0.2) is 32.8 Å². The fraction of sp³-hybridized carbons (Fsp3) is 0.500. The van der Waals surface area contributed by atoms with Crippen molar-refractivity contribution < 1.29 is 4.79 Å². The van der Waals surface area contributed by atoms with Gasteiger partial charge in [0, 0.05) is 30.7 Å². The highest BCUT2D eigenvalue weighted by atomic mass is 16.2. The molecule has 6 nitrogen and oxygen atoms in total. The molecule has 0 spiro atoms. The number of hydrogen-bond donors (Lipinski definition) is 2. The third-order valence-corrected chi connectivity index (χ3v) is 5.17. The third kappa shape index (κ3) is 3.33. The van der Waals surface area contributed by atoms with Crippen LogP contribution in [0.25, 0.3) is 0 Å². The first-order valence-corrected chi connectivity index (χ1v) is 8.77. The Kier molecular flexibility index (Phi) is 4.30. The molecule has 3 unspecified atom stereocenters. The van der Waals surface area contributed by atoms with Crippen LogP contribution in [-0.2, 0) is 11.3 Å². The summed E-state index contributed by atoms with van der Waals surface area (Å²) in [4.78, 5) is 16.5. The second-order valence-electron chi connectivity index (χ2n) is 6.85. The second-order valence-corrected chi connectivity index (χ2v) is 6.85. The number of nitrogens with zero attached hydrogens (tertiary/aromatic N) is 3. The third-order valence-electron chi connectivity index (χ3n) is 5.17. The zero-order valence-corrected chi connectivity index (χ0v) is 13.7. The number of pyridine rings is 1. The summed E-state index contributed by atoms with van der Waals surface area (Å²) in [5, 5.41) is 10.9. The SMILES string of the molecule is O=C(Nc1ccn(Cc2ccncc2)n1)C1CC2CCCCC2N1. The van der Waals surface area contributed by atoms with Gasteiger partial charge in [0.25, 0.3) is 0 Å². The van der Waals surface area contributed by atoms with Crippen molar-refractivity contribution >= 4 is 11.7 Å². The van der Waals surface area contributed by atoms with Gasteiger partial charge in [0.2, 0.25) is 5.91 Å². The van der Waals surface area contributed by atoms with Crippen molar-refractivity contribution in [2.24, 2.45) is 5.92 Å². The summed E-state index contributed by atoms with van der Waals surface area (Å²) in [7, 11) is 0. The Balaban J connectivity index is 1.35. The molecule has 1 saturated carbocycles. The molecule has 0 bridgehead atoms. The van der Waals surface area contributed by atoms with Gasteiger partial charge in [-0.3, -0.25) is 14.5 Å². The van der Waals surface area contributed by atoms with Gasteiger partial charge in [0.15, 0.2) is 5.82 Å². The van der Waals surface area contributed by atoms with E-state index in [1.807, 2.05) is 29.1 Å². The van der Waals surface area contributed by atoms with Crippen LogP contribution in [0, 0.1) is 5.92 Å². The van der Waals surface area contributed by atoms with Gasteiger partial charge in [-0.2, -0.15) is 5.10 Å². The molecule has 2 N–H and O–H groups in total. The van der Waals surface area contributed by atoms with E-state index in [1.165, 1.54) is 25.7 Å². The average Bonchev–Trinajstić information content (AvgIpc) is 3.22. The van der Waals surface area contributed by atoms with Crippen molar-refractivity contribution in [3.63, 3.8) is 0 Å². The zero-order valence-electron chi connectivity index (χ0n) is 13.7. The van der Waals surface area contributed by atoms with Crippen LogP contribution in [0.5, 0.6) is 0 Å². The molecular weight excluding hydrogens is 302 g/mol. The summed E-state index contributed by atoms with van der Waals surface area (Å²) in [5.74, 6) is 1.32. The van der Waals surface area contributed by atoms with Crippen molar-refractivity contribution in [2.75, 3.05) is 5.32 Å². The van der Waals surface area contributed by atoms with Gasteiger partial charge in [-0.15, -0.1) is 0 Å². The summed E-state index contributed by atoms with van der Waals surface area (Å²) in [5.41, 5.74) is 1.13. The maximum Gasteiger partial charge on any atom is 0.242 e. The Morgan fingerprint density at radius 3 is 2.92 bits per heavy atom. The number of aromatic nitrogens is 3. The highest BCUT2D eigenvalue weighted by Gasteiger charge is 2.38. The van der Waals surface area contributed by atoms with E-state index in [0.29, 0.717) is 24.3 Å². The van der Waals surface area contributed by atoms with Crippen molar-refractivity contribution in [1.29, 1.82) is 0 Å². The van der Waals surface area contributed by atoms with E-state index in [2.05, 4.69) is 20.7 Å². The molecule has 6 heteroatoms. The highest BCUT2D eigenvalue weighted by molar-refractivity contribution is 5.94. The average molecular weight is 325 g/mol. The van der Waals surface area contributed by atoms with Gasteiger partial charge in [0.1, 0.15) is 0 Å². The van der Waals surface area contributed by atoms with Crippen LogP contribution in [0.4, 0.5) is 5.82 Å². The predicted molar refractivity (Wildman–Crippen MR) is 91.5 cm³/mol. The summed E-state index contributed by atoms with van der Waals surface area (Å²) in [6.45, 7) is 0.671. The second kappa shape index (κ2) is 6.73. The van der Waals surface area contributed by atoms with Gasteiger partial charge in [-0.25, -0.2) is 0 Å². The normalized spacial score (nSPS) is 26.1. The number of fused-ring (bicyclic) bond motifs is 1. The fourth-order valence-corrected chi connectivity index (χ4v) is 3.93. The molecular formula is C18H23N5O. The van der Waals surface area contributed by atoms with E-state index in [0.717, 1.165) is 12.0 Å². The van der Waals surface area contributed by atoms with Crippen LogP contribution in [0.1, 0.15) is 37.7 Å². The topological polar surface area (TPSA) is 71.8 Å². The number of nitrogens with one attached hydrogen (secondary N) is 2. The first kappa shape index (κ1) is 15.3. The summed E-state index contributed by atoms with van der Waals surface area (Å²) >= 11 is 0. The minimum Gasteiger partial charge on any atom is -0.308 e. The van der Waals surface area contributed by atoms with Gasteiger partial charge in [0.05, 0.1) is 12.6 Å². The lowest BCUT2D eigenvalue weighted by Gasteiger charge is -2.24. The molecule has 2 aromatic rings. The Labute approximate surface area is 141 Å². The van der Waals surface area contributed by atoms with Crippen molar-refractivity contribution in [3.05, 3.63) is 42.4 Å². The van der Waals surface area contributed by atoms with Crippen LogP contribution in [0.3, 0.4) is 0 Å². The van der Waals surface area contributed by atoms with E-state index in [-0.39, 0.29) is 11.9 Å². The molecule has 0 radical (unpaired) electrons. The van der Waals surface area contributed by atoms with Crippen LogP contribution >= 0.6 is 0 Å². The van der Waals surface area contributed by atoms with E-state index >= 15 is 0 Å². The maximum absolute atomic E-state index is 12.5. The summed E-state index contributed by atoms with van der Waals surface area (Å²) in [6, 6.07) is 6.22. The van der Waals surface area contributed by atoms with Crippen LogP contribution < -0.4 is 10.6 Å². The van der Waals surface area contributed by atoms with E-state index < -0.39 is 0 Å². The molecule has 3 heterocycles. The highest BCUT2D eigenvalue weighted by Crippen LogP contribution is 2.33. The first-order chi connectivity index (χ1) is 11.8.